The molecule has 3 rings (SSSR count). The molecule has 32 heavy (non-hydrogen) atoms. The van der Waals surface area contributed by atoms with Gasteiger partial charge in [0, 0.05) is 11.1 Å². The highest BCUT2D eigenvalue weighted by molar-refractivity contribution is 7.91. The van der Waals surface area contributed by atoms with Crippen LogP contribution in [0.1, 0.15) is 17.3 Å². The SMILES string of the molecule is CCOC(=O)c1ccccc1NC(=O)Cn1nc(S(=O)(=O)c2ccc(Cl)cc2)ccc1=O. The molecule has 1 amide bonds. The van der Waals surface area contributed by atoms with Crippen LogP contribution in [0.15, 0.2) is 75.4 Å². The average molecular weight is 476 g/mol. The van der Waals surface area contributed by atoms with E-state index >= 15 is 0 Å². The number of aromatic nitrogens is 2. The Hall–Kier alpha value is -3.50. The fourth-order valence-corrected chi connectivity index (χ4v) is 4.04. The molecule has 0 aliphatic rings. The number of rotatable bonds is 7. The van der Waals surface area contributed by atoms with Crippen LogP contribution in [0, 0.1) is 0 Å². The highest BCUT2D eigenvalue weighted by Gasteiger charge is 2.21. The second-order valence-corrected chi connectivity index (χ2v) is 8.77. The molecule has 0 radical (unpaired) electrons. The molecule has 1 aromatic heterocycles. The topological polar surface area (TPSA) is 124 Å². The molecular formula is C21H18ClN3O6S. The third-order valence-electron chi connectivity index (χ3n) is 4.23. The summed E-state index contributed by atoms with van der Waals surface area (Å²) in [5, 5.41) is 6.32. The van der Waals surface area contributed by atoms with E-state index in [2.05, 4.69) is 10.4 Å². The summed E-state index contributed by atoms with van der Waals surface area (Å²) in [5.41, 5.74) is -0.343. The molecule has 2 aromatic carbocycles. The summed E-state index contributed by atoms with van der Waals surface area (Å²) in [7, 11) is -4.04. The molecular weight excluding hydrogens is 458 g/mol. The lowest BCUT2D eigenvalue weighted by Crippen LogP contribution is -2.30. The van der Waals surface area contributed by atoms with Gasteiger partial charge < -0.3 is 10.1 Å². The van der Waals surface area contributed by atoms with Gasteiger partial charge in [-0.25, -0.2) is 17.9 Å². The summed E-state index contributed by atoms with van der Waals surface area (Å²) in [6, 6.07) is 13.7. The van der Waals surface area contributed by atoms with E-state index < -0.39 is 38.8 Å². The first kappa shape index (κ1) is 23.2. The number of nitrogens with zero attached hydrogens (tertiary/aromatic N) is 2. The van der Waals surface area contributed by atoms with E-state index in [-0.39, 0.29) is 22.8 Å². The predicted molar refractivity (Wildman–Crippen MR) is 116 cm³/mol. The quantitative estimate of drug-likeness (QED) is 0.520. The van der Waals surface area contributed by atoms with E-state index in [1.54, 1.807) is 19.1 Å². The van der Waals surface area contributed by atoms with Crippen molar-refractivity contribution in [2.24, 2.45) is 0 Å². The molecule has 0 saturated carbocycles. The van der Waals surface area contributed by atoms with Crippen LogP contribution in [0.5, 0.6) is 0 Å². The van der Waals surface area contributed by atoms with Crippen molar-refractivity contribution in [3.63, 3.8) is 0 Å². The minimum atomic E-state index is -4.04. The lowest BCUT2D eigenvalue weighted by Gasteiger charge is -2.11. The Labute approximate surface area is 188 Å². The van der Waals surface area contributed by atoms with Gasteiger partial charge in [-0.2, -0.15) is 5.10 Å². The smallest absolute Gasteiger partial charge is 0.340 e. The summed E-state index contributed by atoms with van der Waals surface area (Å²) < 4.78 is 31.3. The number of sulfone groups is 1. The Morgan fingerprint density at radius 3 is 2.44 bits per heavy atom. The summed E-state index contributed by atoms with van der Waals surface area (Å²) >= 11 is 5.80. The van der Waals surface area contributed by atoms with E-state index in [1.165, 1.54) is 36.4 Å². The first-order chi connectivity index (χ1) is 15.2. The van der Waals surface area contributed by atoms with E-state index in [9.17, 15) is 22.8 Å². The number of benzene rings is 2. The van der Waals surface area contributed by atoms with Crippen molar-refractivity contribution in [3.05, 3.63) is 81.6 Å². The lowest BCUT2D eigenvalue weighted by molar-refractivity contribution is -0.117. The van der Waals surface area contributed by atoms with Gasteiger partial charge in [-0.1, -0.05) is 23.7 Å². The predicted octanol–water partition coefficient (Wildman–Crippen LogP) is 2.54. The van der Waals surface area contributed by atoms with Crippen LogP contribution in [0.4, 0.5) is 5.69 Å². The van der Waals surface area contributed by atoms with Gasteiger partial charge in [-0.15, -0.1) is 0 Å². The van der Waals surface area contributed by atoms with Gasteiger partial charge in [0.2, 0.25) is 15.7 Å². The molecule has 0 aliphatic carbocycles. The molecule has 0 fully saturated rings. The van der Waals surface area contributed by atoms with Gasteiger partial charge >= 0.3 is 5.97 Å². The number of amides is 1. The largest absolute Gasteiger partial charge is 0.462 e. The molecule has 0 aliphatic heterocycles. The number of ether oxygens (including phenoxy) is 1. The number of carbonyl (C=O) groups excluding carboxylic acids is 2. The van der Waals surface area contributed by atoms with Crippen LogP contribution >= 0.6 is 11.6 Å². The van der Waals surface area contributed by atoms with Crippen molar-refractivity contribution >= 4 is 39.0 Å². The molecule has 0 spiro atoms. The highest BCUT2D eigenvalue weighted by Crippen LogP contribution is 2.20. The summed E-state index contributed by atoms with van der Waals surface area (Å²) in [6.07, 6.45) is 0. The Morgan fingerprint density at radius 1 is 1.06 bits per heavy atom. The first-order valence-electron chi connectivity index (χ1n) is 9.37. The van der Waals surface area contributed by atoms with Gasteiger partial charge in [0.05, 0.1) is 22.8 Å². The fraction of sp³-hybridized carbons (Fsp3) is 0.143. The van der Waals surface area contributed by atoms with E-state index in [0.717, 1.165) is 16.8 Å². The second-order valence-electron chi connectivity index (χ2n) is 6.44. The number of hydrogen-bond donors (Lipinski definition) is 1. The second kappa shape index (κ2) is 9.75. The van der Waals surface area contributed by atoms with Gasteiger partial charge in [0.25, 0.3) is 5.56 Å². The monoisotopic (exact) mass is 475 g/mol. The Balaban J connectivity index is 1.85. The number of carbonyl (C=O) groups is 2. The average Bonchev–Trinajstić information content (AvgIpc) is 2.76. The molecule has 11 heteroatoms. The van der Waals surface area contributed by atoms with Crippen LogP contribution in [-0.4, -0.2) is 36.7 Å². The van der Waals surface area contributed by atoms with Crippen molar-refractivity contribution in [2.75, 3.05) is 11.9 Å². The molecule has 9 nitrogen and oxygen atoms in total. The standard InChI is InChI=1S/C21H18ClN3O6S/c1-2-31-21(28)16-5-3-4-6-17(16)23-18(26)13-25-20(27)12-11-19(24-25)32(29,30)15-9-7-14(22)8-10-15/h3-12H,2,13H2,1H3,(H,23,26). The molecule has 3 aromatic rings. The summed E-state index contributed by atoms with van der Waals surface area (Å²) in [6.45, 7) is 1.25. The maximum Gasteiger partial charge on any atom is 0.340 e. The van der Waals surface area contributed by atoms with Gasteiger partial charge in [0.1, 0.15) is 6.54 Å². The third kappa shape index (κ3) is 5.21. The molecule has 0 bridgehead atoms. The Bertz CT molecular complexity index is 1320. The van der Waals surface area contributed by atoms with Crippen LogP contribution in [0.3, 0.4) is 0 Å². The molecule has 0 atom stereocenters. The summed E-state index contributed by atoms with van der Waals surface area (Å²) in [5.74, 6) is -1.30. The maximum absolute atomic E-state index is 12.8. The molecule has 1 N–H and O–H groups in total. The van der Waals surface area contributed by atoms with Crippen molar-refractivity contribution in [2.45, 2.75) is 23.4 Å². The minimum Gasteiger partial charge on any atom is -0.462 e. The number of hydrogen-bond acceptors (Lipinski definition) is 7. The van der Waals surface area contributed by atoms with E-state index in [0.29, 0.717) is 5.02 Å². The lowest BCUT2D eigenvalue weighted by atomic mass is 10.2. The van der Waals surface area contributed by atoms with E-state index in [1.807, 2.05) is 0 Å². The Morgan fingerprint density at radius 2 is 1.75 bits per heavy atom. The molecule has 0 unspecified atom stereocenters. The molecule has 1 heterocycles. The number of nitrogens with one attached hydrogen (secondary N) is 1. The number of anilines is 1. The van der Waals surface area contributed by atoms with Gasteiger partial charge in [-0.05, 0) is 49.4 Å². The van der Waals surface area contributed by atoms with Crippen LogP contribution in [0.25, 0.3) is 0 Å². The highest BCUT2D eigenvalue weighted by atomic mass is 35.5. The molecule has 166 valence electrons. The van der Waals surface area contributed by atoms with Crippen molar-refractivity contribution in [3.8, 4) is 0 Å². The van der Waals surface area contributed by atoms with Crippen LogP contribution in [0.2, 0.25) is 5.02 Å². The first-order valence-corrected chi connectivity index (χ1v) is 11.2. The summed E-state index contributed by atoms with van der Waals surface area (Å²) in [4.78, 5) is 36.7. The maximum atomic E-state index is 12.8. The zero-order chi connectivity index (χ0) is 23.3. The number of esters is 1. The van der Waals surface area contributed by atoms with Gasteiger partial charge in [-0.3, -0.25) is 9.59 Å². The normalized spacial score (nSPS) is 11.1. The van der Waals surface area contributed by atoms with Gasteiger partial charge in [0.15, 0.2) is 5.03 Å². The van der Waals surface area contributed by atoms with E-state index in [4.69, 9.17) is 16.3 Å². The van der Waals surface area contributed by atoms with Crippen molar-refractivity contribution < 1.29 is 22.7 Å². The third-order valence-corrected chi connectivity index (χ3v) is 6.14. The zero-order valence-electron chi connectivity index (χ0n) is 16.8. The fourth-order valence-electron chi connectivity index (χ4n) is 2.73. The van der Waals surface area contributed by atoms with Crippen molar-refractivity contribution in [1.29, 1.82) is 0 Å². The van der Waals surface area contributed by atoms with Crippen molar-refractivity contribution in [1.82, 2.24) is 9.78 Å². The zero-order valence-corrected chi connectivity index (χ0v) is 18.4. The van der Waals surface area contributed by atoms with Crippen LogP contribution in [-0.2, 0) is 25.9 Å². The Kier molecular flexibility index (Phi) is 7.06. The molecule has 0 saturated heterocycles. The van der Waals surface area contributed by atoms with Crippen LogP contribution < -0.4 is 10.9 Å². The minimum absolute atomic E-state index is 0.0626. The number of para-hydroxylation sites is 1. The number of halogens is 1.